The molecule has 0 saturated heterocycles. The molecule has 0 amide bonds. The van der Waals surface area contributed by atoms with Gasteiger partial charge in [-0.25, -0.2) is 4.68 Å². The maximum absolute atomic E-state index is 10.2. The minimum atomic E-state index is 0.395. The Hall–Kier alpha value is -2.10. The van der Waals surface area contributed by atoms with Crippen molar-refractivity contribution in [1.29, 1.82) is 0 Å². The first kappa shape index (κ1) is 9.45. The summed E-state index contributed by atoms with van der Waals surface area (Å²) in [4.78, 5) is 10.2. The zero-order valence-corrected chi connectivity index (χ0v) is 8.25. The summed E-state index contributed by atoms with van der Waals surface area (Å²) in [5.74, 6) is 0.434. The highest BCUT2D eigenvalue weighted by atomic mass is 16.5. The molecular weight excluding hydrogens is 192 g/mol. The zero-order valence-electron chi connectivity index (χ0n) is 8.25. The Morgan fingerprint density at radius 3 is 2.73 bits per heavy atom. The van der Waals surface area contributed by atoms with Crippen molar-refractivity contribution in [3.63, 3.8) is 0 Å². The normalized spacial score (nSPS) is 9.93. The second-order valence-electron chi connectivity index (χ2n) is 3.07. The first-order valence-corrected chi connectivity index (χ1v) is 4.51. The topological polar surface area (TPSA) is 44.1 Å². The summed E-state index contributed by atoms with van der Waals surface area (Å²) in [6, 6.07) is 11.4. The monoisotopic (exact) mass is 202 g/mol. The van der Waals surface area contributed by atoms with E-state index in [9.17, 15) is 4.79 Å². The van der Waals surface area contributed by atoms with Crippen LogP contribution in [0.5, 0.6) is 5.88 Å². The lowest BCUT2D eigenvalue weighted by Gasteiger charge is -1.94. The third-order valence-electron chi connectivity index (χ3n) is 2.08. The number of nitrogens with zero attached hydrogens (tertiary/aromatic N) is 2. The Labute approximate surface area is 87.1 Å². The molecule has 2 rings (SSSR count). The molecule has 4 heteroatoms. The molecule has 1 heterocycles. The second-order valence-corrected chi connectivity index (χ2v) is 3.07. The largest absolute Gasteiger partial charge is 0.410 e. The van der Waals surface area contributed by atoms with Gasteiger partial charge in [0.2, 0.25) is 5.88 Å². The summed E-state index contributed by atoms with van der Waals surface area (Å²) < 4.78 is 6.28. The Morgan fingerprint density at radius 2 is 2.07 bits per heavy atom. The molecule has 0 fully saturated rings. The predicted octanol–water partition coefficient (Wildman–Crippen LogP) is 1.62. The maximum Gasteiger partial charge on any atom is 0.299 e. The van der Waals surface area contributed by atoms with Crippen LogP contribution < -0.4 is 4.74 Å². The molecule has 1 aromatic heterocycles. The summed E-state index contributed by atoms with van der Waals surface area (Å²) in [7, 11) is 1.73. The molecule has 0 radical (unpaired) electrons. The molecule has 0 aliphatic heterocycles. The van der Waals surface area contributed by atoms with Crippen LogP contribution in [0.1, 0.15) is 0 Å². The maximum atomic E-state index is 10.2. The summed E-state index contributed by atoms with van der Waals surface area (Å²) in [5, 5.41) is 4.23. The number of aromatic nitrogens is 2. The van der Waals surface area contributed by atoms with Crippen molar-refractivity contribution in [2.24, 2.45) is 7.05 Å². The smallest absolute Gasteiger partial charge is 0.299 e. The molecule has 0 atom stereocenters. The Morgan fingerprint density at radius 1 is 1.33 bits per heavy atom. The standard InChI is InChI=1S/C11H10N2O2/c1-13-11(15-8-14)7-10(12-13)9-5-3-2-4-6-9/h2-8H,1H3. The summed E-state index contributed by atoms with van der Waals surface area (Å²) >= 11 is 0. The Balaban J connectivity index is 2.38. The quantitative estimate of drug-likeness (QED) is 0.710. The number of carbonyl (C=O) groups is 1. The van der Waals surface area contributed by atoms with Crippen LogP contribution in [0.25, 0.3) is 11.3 Å². The van der Waals surface area contributed by atoms with Crippen LogP contribution in [0.3, 0.4) is 0 Å². The van der Waals surface area contributed by atoms with E-state index >= 15 is 0 Å². The van der Waals surface area contributed by atoms with Gasteiger partial charge in [-0.05, 0) is 0 Å². The van der Waals surface area contributed by atoms with E-state index in [4.69, 9.17) is 4.74 Å². The van der Waals surface area contributed by atoms with E-state index < -0.39 is 0 Å². The van der Waals surface area contributed by atoms with Gasteiger partial charge < -0.3 is 4.74 Å². The number of aryl methyl sites for hydroxylation is 1. The van der Waals surface area contributed by atoms with E-state index in [2.05, 4.69) is 5.10 Å². The van der Waals surface area contributed by atoms with Gasteiger partial charge in [-0.1, -0.05) is 30.3 Å². The molecule has 0 saturated carbocycles. The van der Waals surface area contributed by atoms with Gasteiger partial charge >= 0.3 is 0 Å². The average Bonchev–Trinajstić information content (AvgIpc) is 2.63. The average molecular weight is 202 g/mol. The lowest BCUT2D eigenvalue weighted by atomic mass is 10.2. The van der Waals surface area contributed by atoms with Crippen molar-refractivity contribution in [1.82, 2.24) is 9.78 Å². The van der Waals surface area contributed by atoms with E-state index in [-0.39, 0.29) is 0 Å². The highest BCUT2D eigenvalue weighted by Gasteiger charge is 2.06. The predicted molar refractivity (Wildman–Crippen MR) is 55.3 cm³/mol. The first-order chi connectivity index (χ1) is 7.31. The van der Waals surface area contributed by atoms with Gasteiger partial charge in [0.15, 0.2) is 0 Å². The molecule has 2 aromatic rings. The van der Waals surface area contributed by atoms with Gasteiger partial charge in [-0.2, -0.15) is 5.10 Å². The van der Waals surface area contributed by atoms with Gasteiger partial charge in [0, 0.05) is 18.7 Å². The highest BCUT2D eigenvalue weighted by molar-refractivity contribution is 5.60. The van der Waals surface area contributed by atoms with E-state index in [0.29, 0.717) is 12.4 Å². The van der Waals surface area contributed by atoms with Crippen LogP contribution in [-0.4, -0.2) is 16.3 Å². The Bertz CT molecular complexity index is 463. The van der Waals surface area contributed by atoms with Crippen LogP contribution in [0.15, 0.2) is 36.4 Å². The van der Waals surface area contributed by atoms with Crippen LogP contribution in [0.4, 0.5) is 0 Å². The molecule has 0 aliphatic carbocycles. The molecule has 0 bridgehead atoms. The minimum Gasteiger partial charge on any atom is -0.410 e. The number of rotatable bonds is 3. The van der Waals surface area contributed by atoms with Crippen molar-refractivity contribution < 1.29 is 9.53 Å². The van der Waals surface area contributed by atoms with Gasteiger partial charge in [0.1, 0.15) is 0 Å². The number of hydrogen-bond donors (Lipinski definition) is 0. The lowest BCUT2D eigenvalue weighted by molar-refractivity contribution is -0.121. The van der Waals surface area contributed by atoms with Crippen molar-refractivity contribution in [3.05, 3.63) is 36.4 Å². The van der Waals surface area contributed by atoms with E-state index in [1.165, 1.54) is 4.68 Å². The van der Waals surface area contributed by atoms with Crippen molar-refractivity contribution in [3.8, 4) is 17.1 Å². The fraction of sp³-hybridized carbons (Fsp3) is 0.0909. The molecular formula is C11H10N2O2. The van der Waals surface area contributed by atoms with Gasteiger partial charge in [-0.3, -0.25) is 4.79 Å². The molecule has 15 heavy (non-hydrogen) atoms. The first-order valence-electron chi connectivity index (χ1n) is 4.51. The summed E-state index contributed by atoms with van der Waals surface area (Å²) in [6.45, 7) is 0.395. The molecule has 0 unspecified atom stereocenters. The fourth-order valence-electron chi connectivity index (χ4n) is 1.36. The van der Waals surface area contributed by atoms with Crippen LogP contribution in [0, 0.1) is 0 Å². The number of hydrogen-bond acceptors (Lipinski definition) is 3. The fourth-order valence-corrected chi connectivity index (χ4v) is 1.36. The van der Waals surface area contributed by atoms with E-state index in [1.807, 2.05) is 30.3 Å². The third-order valence-corrected chi connectivity index (χ3v) is 2.08. The molecule has 0 N–H and O–H groups in total. The van der Waals surface area contributed by atoms with Crippen molar-refractivity contribution >= 4 is 6.47 Å². The van der Waals surface area contributed by atoms with Crippen molar-refractivity contribution in [2.45, 2.75) is 0 Å². The Kier molecular flexibility index (Phi) is 2.49. The highest BCUT2D eigenvalue weighted by Crippen LogP contribution is 2.21. The number of ether oxygens (including phenoxy) is 1. The summed E-state index contributed by atoms with van der Waals surface area (Å²) in [5.41, 5.74) is 1.78. The second kappa shape index (κ2) is 3.96. The molecule has 4 nitrogen and oxygen atoms in total. The summed E-state index contributed by atoms with van der Waals surface area (Å²) in [6.07, 6.45) is 0. The van der Waals surface area contributed by atoms with Gasteiger partial charge in [0.25, 0.3) is 6.47 Å². The molecule has 1 aromatic carbocycles. The van der Waals surface area contributed by atoms with Crippen molar-refractivity contribution in [2.75, 3.05) is 0 Å². The zero-order chi connectivity index (χ0) is 10.7. The van der Waals surface area contributed by atoms with E-state index in [1.54, 1.807) is 13.1 Å². The molecule has 0 aliphatic rings. The lowest BCUT2D eigenvalue weighted by Crippen LogP contribution is -1.97. The van der Waals surface area contributed by atoms with E-state index in [0.717, 1.165) is 11.3 Å². The SMILES string of the molecule is Cn1nc(-c2ccccc2)cc1OC=O. The molecule has 76 valence electrons. The molecule has 0 spiro atoms. The van der Waals surface area contributed by atoms with Gasteiger partial charge in [0.05, 0.1) is 5.69 Å². The van der Waals surface area contributed by atoms with Crippen LogP contribution >= 0.6 is 0 Å². The number of benzene rings is 1. The van der Waals surface area contributed by atoms with Crippen LogP contribution in [0.2, 0.25) is 0 Å². The van der Waals surface area contributed by atoms with Gasteiger partial charge in [-0.15, -0.1) is 0 Å². The number of carbonyl (C=O) groups excluding carboxylic acids is 1. The van der Waals surface area contributed by atoms with Crippen LogP contribution in [-0.2, 0) is 11.8 Å². The third kappa shape index (κ3) is 1.88. The minimum absolute atomic E-state index is 0.395.